The van der Waals surface area contributed by atoms with Crippen LogP contribution in [0.5, 0.6) is 5.75 Å². The SMILES string of the molecule is SCC1(COc2ccccc2)CCCC1. The van der Waals surface area contributed by atoms with E-state index in [2.05, 4.69) is 12.6 Å². The fourth-order valence-corrected chi connectivity index (χ4v) is 2.63. The number of ether oxygens (including phenoxy) is 1. The fraction of sp³-hybridized carbons (Fsp3) is 0.538. The second kappa shape index (κ2) is 4.93. The minimum absolute atomic E-state index is 0.332. The monoisotopic (exact) mass is 222 g/mol. The van der Waals surface area contributed by atoms with Crippen molar-refractivity contribution in [3.63, 3.8) is 0 Å². The molecule has 1 aromatic rings. The number of hydrogen-bond donors (Lipinski definition) is 1. The molecule has 1 aromatic carbocycles. The van der Waals surface area contributed by atoms with Crippen LogP contribution in [0.15, 0.2) is 30.3 Å². The van der Waals surface area contributed by atoms with Crippen LogP contribution in [0.25, 0.3) is 0 Å². The van der Waals surface area contributed by atoms with Crippen LogP contribution in [0.4, 0.5) is 0 Å². The quantitative estimate of drug-likeness (QED) is 0.766. The molecule has 1 nitrogen and oxygen atoms in total. The summed E-state index contributed by atoms with van der Waals surface area (Å²) in [4.78, 5) is 0. The molecule has 0 atom stereocenters. The zero-order chi connectivity index (χ0) is 10.6. The maximum absolute atomic E-state index is 5.84. The molecule has 0 aromatic heterocycles. The van der Waals surface area contributed by atoms with Crippen LogP contribution in [0.3, 0.4) is 0 Å². The zero-order valence-electron chi connectivity index (χ0n) is 8.98. The second-order valence-corrected chi connectivity index (χ2v) is 4.78. The standard InChI is InChI=1S/C13H18OS/c15-11-13(8-4-5-9-13)10-14-12-6-2-1-3-7-12/h1-3,6-7,15H,4-5,8-11H2. The number of hydrogen-bond acceptors (Lipinski definition) is 2. The highest BCUT2D eigenvalue weighted by Crippen LogP contribution is 2.39. The first-order chi connectivity index (χ1) is 7.35. The highest BCUT2D eigenvalue weighted by Gasteiger charge is 2.33. The largest absolute Gasteiger partial charge is 0.493 e. The van der Waals surface area contributed by atoms with E-state index >= 15 is 0 Å². The third kappa shape index (κ3) is 2.69. The summed E-state index contributed by atoms with van der Waals surface area (Å²) in [5.74, 6) is 1.92. The van der Waals surface area contributed by atoms with E-state index in [0.717, 1.165) is 18.1 Å². The highest BCUT2D eigenvalue weighted by atomic mass is 32.1. The molecule has 0 saturated heterocycles. The Bertz CT molecular complexity index is 291. The lowest BCUT2D eigenvalue weighted by Crippen LogP contribution is -2.27. The molecule has 1 aliphatic carbocycles. The van der Waals surface area contributed by atoms with Gasteiger partial charge in [-0.3, -0.25) is 0 Å². The van der Waals surface area contributed by atoms with E-state index in [1.807, 2.05) is 30.3 Å². The molecule has 0 heterocycles. The van der Waals surface area contributed by atoms with Crippen LogP contribution in [-0.2, 0) is 0 Å². The van der Waals surface area contributed by atoms with Crippen LogP contribution < -0.4 is 4.74 Å². The second-order valence-electron chi connectivity index (χ2n) is 4.47. The first kappa shape index (κ1) is 10.9. The molecule has 0 amide bonds. The summed E-state index contributed by atoms with van der Waals surface area (Å²) in [5.41, 5.74) is 0.332. The van der Waals surface area contributed by atoms with E-state index in [0.29, 0.717) is 5.41 Å². The normalized spacial score (nSPS) is 19.0. The van der Waals surface area contributed by atoms with Gasteiger partial charge in [0.1, 0.15) is 5.75 Å². The molecule has 2 heteroatoms. The molecule has 1 saturated carbocycles. The average Bonchev–Trinajstić information content (AvgIpc) is 2.77. The first-order valence-corrected chi connectivity index (χ1v) is 6.27. The number of para-hydroxylation sites is 1. The number of benzene rings is 1. The summed E-state index contributed by atoms with van der Waals surface area (Å²) in [6.45, 7) is 0.820. The third-order valence-corrected chi connectivity index (χ3v) is 3.96. The van der Waals surface area contributed by atoms with Gasteiger partial charge in [0.25, 0.3) is 0 Å². The molecule has 2 rings (SSSR count). The van der Waals surface area contributed by atoms with Gasteiger partial charge in [0.2, 0.25) is 0 Å². The minimum Gasteiger partial charge on any atom is -0.493 e. The van der Waals surface area contributed by atoms with Crippen molar-refractivity contribution in [3.05, 3.63) is 30.3 Å². The average molecular weight is 222 g/mol. The summed E-state index contributed by atoms with van der Waals surface area (Å²) in [6.07, 6.45) is 5.20. The Kier molecular flexibility index (Phi) is 3.57. The zero-order valence-corrected chi connectivity index (χ0v) is 9.88. The van der Waals surface area contributed by atoms with Crippen molar-refractivity contribution in [2.24, 2.45) is 5.41 Å². The predicted octanol–water partition coefficient (Wildman–Crippen LogP) is 3.56. The van der Waals surface area contributed by atoms with Crippen molar-refractivity contribution < 1.29 is 4.74 Å². The van der Waals surface area contributed by atoms with Gasteiger partial charge in [-0.2, -0.15) is 12.6 Å². The summed E-state index contributed by atoms with van der Waals surface area (Å²) >= 11 is 4.47. The van der Waals surface area contributed by atoms with Crippen molar-refractivity contribution >= 4 is 12.6 Å². The van der Waals surface area contributed by atoms with Crippen molar-refractivity contribution in [1.82, 2.24) is 0 Å². The van der Waals surface area contributed by atoms with Crippen molar-refractivity contribution in [1.29, 1.82) is 0 Å². The molecule has 0 aliphatic heterocycles. The van der Waals surface area contributed by atoms with Crippen LogP contribution in [0.1, 0.15) is 25.7 Å². The molecule has 0 unspecified atom stereocenters. The fourth-order valence-electron chi connectivity index (χ4n) is 2.23. The molecule has 0 N–H and O–H groups in total. The van der Waals surface area contributed by atoms with E-state index in [4.69, 9.17) is 4.74 Å². The first-order valence-electron chi connectivity index (χ1n) is 5.63. The van der Waals surface area contributed by atoms with Gasteiger partial charge in [-0.25, -0.2) is 0 Å². The highest BCUT2D eigenvalue weighted by molar-refractivity contribution is 7.80. The Morgan fingerprint density at radius 2 is 1.80 bits per heavy atom. The number of thiol groups is 1. The van der Waals surface area contributed by atoms with Crippen molar-refractivity contribution in [2.45, 2.75) is 25.7 Å². The lowest BCUT2D eigenvalue weighted by atomic mass is 9.90. The van der Waals surface area contributed by atoms with E-state index in [1.54, 1.807) is 0 Å². The Balaban J connectivity index is 1.92. The Morgan fingerprint density at radius 3 is 2.40 bits per heavy atom. The topological polar surface area (TPSA) is 9.23 Å². The molecule has 15 heavy (non-hydrogen) atoms. The van der Waals surface area contributed by atoms with Crippen LogP contribution in [0, 0.1) is 5.41 Å². The van der Waals surface area contributed by atoms with Gasteiger partial charge in [0, 0.05) is 5.41 Å². The number of rotatable bonds is 4. The molecule has 0 spiro atoms. The molecule has 1 aliphatic rings. The van der Waals surface area contributed by atoms with Crippen molar-refractivity contribution in [2.75, 3.05) is 12.4 Å². The summed E-state index contributed by atoms with van der Waals surface area (Å²) in [5, 5.41) is 0. The molecular weight excluding hydrogens is 204 g/mol. The van der Waals surface area contributed by atoms with Gasteiger partial charge in [0.15, 0.2) is 0 Å². The lowest BCUT2D eigenvalue weighted by Gasteiger charge is -2.26. The van der Waals surface area contributed by atoms with Crippen LogP contribution >= 0.6 is 12.6 Å². The Hall–Kier alpha value is -0.630. The maximum atomic E-state index is 5.84. The third-order valence-electron chi connectivity index (χ3n) is 3.29. The molecular formula is C13H18OS. The lowest BCUT2D eigenvalue weighted by molar-refractivity contribution is 0.173. The van der Waals surface area contributed by atoms with E-state index in [9.17, 15) is 0 Å². The van der Waals surface area contributed by atoms with Gasteiger partial charge in [-0.15, -0.1) is 0 Å². The molecule has 1 fully saturated rings. The van der Waals surface area contributed by atoms with Crippen molar-refractivity contribution in [3.8, 4) is 5.75 Å². The van der Waals surface area contributed by atoms with E-state index < -0.39 is 0 Å². The summed E-state index contributed by atoms with van der Waals surface area (Å²) in [7, 11) is 0. The smallest absolute Gasteiger partial charge is 0.119 e. The van der Waals surface area contributed by atoms with E-state index in [1.165, 1.54) is 25.7 Å². The Labute approximate surface area is 97.2 Å². The van der Waals surface area contributed by atoms with Gasteiger partial charge in [0.05, 0.1) is 6.61 Å². The summed E-state index contributed by atoms with van der Waals surface area (Å²) < 4.78 is 5.84. The Morgan fingerprint density at radius 1 is 1.13 bits per heavy atom. The predicted molar refractivity (Wildman–Crippen MR) is 66.7 cm³/mol. The summed E-state index contributed by atoms with van der Waals surface area (Å²) in [6, 6.07) is 10.1. The van der Waals surface area contributed by atoms with E-state index in [-0.39, 0.29) is 0 Å². The van der Waals surface area contributed by atoms with Gasteiger partial charge < -0.3 is 4.74 Å². The molecule has 0 bridgehead atoms. The van der Waals surface area contributed by atoms with Gasteiger partial charge >= 0.3 is 0 Å². The van der Waals surface area contributed by atoms with Crippen LogP contribution in [-0.4, -0.2) is 12.4 Å². The van der Waals surface area contributed by atoms with Crippen LogP contribution in [0.2, 0.25) is 0 Å². The van der Waals surface area contributed by atoms with Gasteiger partial charge in [-0.05, 0) is 30.7 Å². The minimum atomic E-state index is 0.332. The molecule has 0 radical (unpaired) electrons. The molecule has 82 valence electrons. The van der Waals surface area contributed by atoms with Gasteiger partial charge in [-0.1, -0.05) is 31.0 Å². The maximum Gasteiger partial charge on any atom is 0.119 e.